The van der Waals surface area contributed by atoms with Crippen LogP contribution in [0, 0.1) is 0 Å². The summed E-state index contributed by atoms with van der Waals surface area (Å²) in [6, 6.07) is 14.4. The summed E-state index contributed by atoms with van der Waals surface area (Å²) in [5.41, 5.74) is 8.19. The number of hydrazone groups is 1. The van der Waals surface area contributed by atoms with E-state index in [0.717, 1.165) is 39.7 Å². The predicted molar refractivity (Wildman–Crippen MR) is 99.3 cm³/mol. The minimum atomic E-state index is 0.773. The van der Waals surface area contributed by atoms with E-state index in [2.05, 4.69) is 40.6 Å². The Hall–Kier alpha value is -2.79. The van der Waals surface area contributed by atoms with E-state index < -0.39 is 0 Å². The SMILES string of the molecule is CCc1ccc2c(c1)C(c1cccnc1)=NNC(c1cccs1)=N2. The van der Waals surface area contributed by atoms with Gasteiger partial charge in [0.25, 0.3) is 0 Å². The largest absolute Gasteiger partial charge is 0.264 e. The van der Waals surface area contributed by atoms with Crippen molar-refractivity contribution >= 4 is 28.6 Å². The molecule has 0 spiro atoms. The van der Waals surface area contributed by atoms with Crippen LogP contribution in [0.2, 0.25) is 0 Å². The second kappa shape index (κ2) is 6.37. The lowest BCUT2D eigenvalue weighted by atomic mass is 9.99. The third kappa shape index (κ3) is 2.74. The van der Waals surface area contributed by atoms with Gasteiger partial charge in [-0.15, -0.1) is 11.3 Å². The summed E-state index contributed by atoms with van der Waals surface area (Å²) in [6.45, 7) is 2.15. The van der Waals surface area contributed by atoms with E-state index in [4.69, 9.17) is 4.99 Å². The summed E-state index contributed by atoms with van der Waals surface area (Å²) in [5.74, 6) is 0.773. The molecule has 1 aromatic carbocycles. The predicted octanol–water partition coefficient (Wildman–Crippen LogP) is 4.14. The second-order valence-electron chi connectivity index (χ2n) is 5.46. The van der Waals surface area contributed by atoms with Gasteiger partial charge in [-0.1, -0.05) is 19.1 Å². The van der Waals surface area contributed by atoms with Gasteiger partial charge in [0.2, 0.25) is 0 Å². The Morgan fingerprint density at radius 2 is 2.08 bits per heavy atom. The number of benzene rings is 1. The fourth-order valence-corrected chi connectivity index (χ4v) is 3.31. The van der Waals surface area contributed by atoms with E-state index in [1.165, 1.54) is 5.56 Å². The van der Waals surface area contributed by atoms with Crippen LogP contribution in [0.5, 0.6) is 0 Å². The first kappa shape index (κ1) is 14.8. The van der Waals surface area contributed by atoms with Gasteiger partial charge in [0.1, 0.15) is 5.71 Å². The fraction of sp³-hybridized carbons (Fsp3) is 0.105. The Labute approximate surface area is 144 Å². The van der Waals surface area contributed by atoms with Gasteiger partial charge in [-0.2, -0.15) is 5.10 Å². The molecule has 0 bridgehead atoms. The number of nitrogens with one attached hydrogen (secondary N) is 1. The molecule has 3 aromatic rings. The molecule has 0 amide bonds. The zero-order valence-electron chi connectivity index (χ0n) is 13.2. The average Bonchev–Trinajstić information content (AvgIpc) is 3.10. The number of hydrogen-bond donors (Lipinski definition) is 1. The smallest absolute Gasteiger partial charge is 0.164 e. The van der Waals surface area contributed by atoms with Crippen molar-refractivity contribution in [2.45, 2.75) is 13.3 Å². The molecule has 4 rings (SSSR count). The lowest BCUT2D eigenvalue weighted by Crippen LogP contribution is -2.18. The number of rotatable bonds is 3. The summed E-state index contributed by atoms with van der Waals surface area (Å²) >= 11 is 1.64. The molecule has 5 heteroatoms. The molecule has 0 unspecified atom stereocenters. The molecule has 1 aliphatic rings. The van der Waals surface area contributed by atoms with Crippen molar-refractivity contribution in [1.82, 2.24) is 10.4 Å². The van der Waals surface area contributed by atoms with Crippen LogP contribution >= 0.6 is 11.3 Å². The number of amidine groups is 1. The minimum absolute atomic E-state index is 0.773. The average molecular weight is 332 g/mol. The summed E-state index contributed by atoms with van der Waals surface area (Å²) < 4.78 is 0. The summed E-state index contributed by atoms with van der Waals surface area (Å²) in [5, 5.41) is 6.69. The third-order valence-electron chi connectivity index (χ3n) is 3.92. The Balaban J connectivity index is 1.89. The highest BCUT2D eigenvalue weighted by molar-refractivity contribution is 7.12. The lowest BCUT2D eigenvalue weighted by Gasteiger charge is -2.09. The molecule has 0 radical (unpaired) electrons. The van der Waals surface area contributed by atoms with Crippen LogP contribution in [-0.4, -0.2) is 16.5 Å². The molecule has 0 atom stereocenters. The van der Waals surface area contributed by atoms with E-state index in [-0.39, 0.29) is 0 Å². The molecule has 0 saturated carbocycles. The van der Waals surface area contributed by atoms with Gasteiger partial charge in [0.05, 0.1) is 10.6 Å². The van der Waals surface area contributed by atoms with Crippen LogP contribution in [0.1, 0.15) is 28.5 Å². The molecular formula is C19H16N4S. The number of hydrogen-bond acceptors (Lipinski definition) is 5. The normalized spacial score (nSPS) is 13.4. The van der Waals surface area contributed by atoms with E-state index >= 15 is 0 Å². The zero-order chi connectivity index (χ0) is 16.4. The van der Waals surface area contributed by atoms with Crippen molar-refractivity contribution in [2.24, 2.45) is 10.1 Å². The zero-order valence-corrected chi connectivity index (χ0v) is 14.0. The molecule has 118 valence electrons. The molecule has 0 fully saturated rings. The maximum absolute atomic E-state index is 4.81. The van der Waals surface area contributed by atoms with Gasteiger partial charge in [0.15, 0.2) is 5.84 Å². The fourth-order valence-electron chi connectivity index (χ4n) is 2.65. The Kier molecular flexibility index (Phi) is 3.92. The van der Waals surface area contributed by atoms with Gasteiger partial charge in [-0.25, -0.2) is 4.99 Å². The molecule has 4 nitrogen and oxygen atoms in total. The number of thiophene rings is 1. The molecule has 0 saturated heterocycles. The number of pyridine rings is 1. The van der Waals surface area contributed by atoms with Crippen molar-refractivity contribution in [3.8, 4) is 0 Å². The van der Waals surface area contributed by atoms with Gasteiger partial charge in [-0.05, 0) is 47.7 Å². The highest BCUT2D eigenvalue weighted by Gasteiger charge is 2.18. The van der Waals surface area contributed by atoms with Gasteiger partial charge in [-0.3, -0.25) is 10.4 Å². The Bertz CT molecular complexity index is 912. The molecule has 1 aliphatic heterocycles. The molecule has 1 N–H and O–H groups in total. The molecule has 24 heavy (non-hydrogen) atoms. The van der Waals surface area contributed by atoms with Crippen molar-refractivity contribution in [2.75, 3.05) is 0 Å². The first-order chi connectivity index (χ1) is 11.8. The number of fused-ring (bicyclic) bond motifs is 1. The summed E-state index contributed by atoms with van der Waals surface area (Å²) in [4.78, 5) is 10.1. The maximum atomic E-state index is 4.81. The lowest BCUT2D eigenvalue weighted by molar-refractivity contribution is 1.03. The Morgan fingerprint density at radius 3 is 2.83 bits per heavy atom. The van der Waals surface area contributed by atoms with E-state index in [1.54, 1.807) is 17.5 Å². The van der Waals surface area contributed by atoms with Crippen molar-refractivity contribution in [1.29, 1.82) is 0 Å². The molecule has 3 heterocycles. The third-order valence-corrected chi connectivity index (χ3v) is 4.80. The topological polar surface area (TPSA) is 49.6 Å². The minimum Gasteiger partial charge on any atom is -0.264 e. The maximum Gasteiger partial charge on any atom is 0.164 e. The second-order valence-corrected chi connectivity index (χ2v) is 6.40. The first-order valence-electron chi connectivity index (χ1n) is 7.85. The molecule has 0 aliphatic carbocycles. The van der Waals surface area contributed by atoms with Gasteiger partial charge in [0, 0.05) is 23.5 Å². The quantitative estimate of drug-likeness (QED) is 0.783. The summed E-state index contributed by atoms with van der Waals surface area (Å²) in [7, 11) is 0. The van der Waals surface area contributed by atoms with E-state index in [0.29, 0.717) is 0 Å². The first-order valence-corrected chi connectivity index (χ1v) is 8.73. The molecule has 2 aromatic heterocycles. The van der Waals surface area contributed by atoms with E-state index in [9.17, 15) is 0 Å². The van der Waals surface area contributed by atoms with Crippen LogP contribution in [-0.2, 0) is 6.42 Å². The number of aryl methyl sites for hydroxylation is 1. The highest BCUT2D eigenvalue weighted by Crippen LogP contribution is 2.27. The Morgan fingerprint density at radius 1 is 1.12 bits per heavy atom. The number of aliphatic imine (C=N–C) groups is 1. The monoisotopic (exact) mass is 332 g/mol. The van der Waals surface area contributed by atoms with Crippen LogP contribution in [0.4, 0.5) is 5.69 Å². The van der Waals surface area contributed by atoms with Crippen LogP contribution in [0.25, 0.3) is 0 Å². The highest BCUT2D eigenvalue weighted by atomic mass is 32.1. The van der Waals surface area contributed by atoms with Crippen LogP contribution in [0.15, 0.2) is 70.3 Å². The summed E-state index contributed by atoms with van der Waals surface area (Å²) in [6.07, 6.45) is 4.58. The van der Waals surface area contributed by atoms with Crippen molar-refractivity contribution in [3.63, 3.8) is 0 Å². The van der Waals surface area contributed by atoms with Crippen LogP contribution in [0.3, 0.4) is 0 Å². The van der Waals surface area contributed by atoms with Crippen LogP contribution < -0.4 is 5.43 Å². The molecular weight excluding hydrogens is 316 g/mol. The standard InChI is InChI=1S/C19H16N4S/c1-2-13-7-8-16-15(11-13)18(14-5-3-9-20-12-14)22-23-19(21-16)17-6-4-10-24-17/h3-12H,2H2,1H3,(H,21,23). The van der Waals surface area contributed by atoms with Crippen molar-refractivity contribution in [3.05, 3.63) is 81.8 Å². The number of nitrogens with zero attached hydrogens (tertiary/aromatic N) is 3. The van der Waals surface area contributed by atoms with Gasteiger partial charge >= 0.3 is 0 Å². The van der Waals surface area contributed by atoms with E-state index in [1.807, 2.05) is 35.8 Å². The van der Waals surface area contributed by atoms with Crippen molar-refractivity contribution < 1.29 is 0 Å². The van der Waals surface area contributed by atoms with Gasteiger partial charge < -0.3 is 0 Å². The number of aromatic nitrogens is 1.